The molecule has 3 rings (SSSR count). The highest BCUT2D eigenvalue weighted by atomic mass is 19.1. The van der Waals surface area contributed by atoms with Crippen molar-refractivity contribution in [3.63, 3.8) is 0 Å². The van der Waals surface area contributed by atoms with Crippen molar-refractivity contribution < 1.29 is 14.0 Å². The second-order valence-electron chi connectivity index (χ2n) is 6.12. The summed E-state index contributed by atoms with van der Waals surface area (Å²) in [5.74, 6) is -0.854. The van der Waals surface area contributed by atoms with Crippen LogP contribution in [0.2, 0.25) is 0 Å². The number of rotatable bonds is 4. The van der Waals surface area contributed by atoms with E-state index in [9.17, 15) is 14.0 Å². The Morgan fingerprint density at radius 3 is 2.27 bits per heavy atom. The first-order valence-electron chi connectivity index (χ1n) is 8.23. The zero-order chi connectivity index (χ0) is 18.7. The average molecular weight is 347 g/mol. The molecule has 3 aromatic rings. The van der Waals surface area contributed by atoms with Crippen molar-refractivity contribution in [3.8, 4) is 0 Å². The van der Waals surface area contributed by atoms with Crippen LogP contribution < -0.4 is 5.32 Å². The van der Waals surface area contributed by atoms with Crippen LogP contribution in [0, 0.1) is 19.7 Å². The lowest BCUT2D eigenvalue weighted by atomic mass is 9.96. The molecule has 0 atom stereocenters. The van der Waals surface area contributed by atoms with Crippen molar-refractivity contribution in [1.29, 1.82) is 0 Å². The first-order valence-corrected chi connectivity index (χ1v) is 8.23. The predicted octanol–water partition coefficient (Wildman–Crippen LogP) is 4.93. The van der Waals surface area contributed by atoms with Crippen LogP contribution in [0.3, 0.4) is 0 Å². The predicted molar refractivity (Wildman–Crippen MR) is 100 cm³/mol. The van der Waals surface area contributed by atoms with Gasteiger partial charge in [0, 0.05) is 22.4 Å². The third-order valence-electron chi connectivity index (χ3n) is 4.34. The minimum atomic E-state index is -0.400. The summed E-state index contributed by atoms with van der Waals surface area (Å²) in [6, 6.07) is 17.7. The highest BCUT2D eigenvalue weighted by Crippen LogP contribution is 2.20. The molecule has 1 N–H and O–H groups in total. The lowest BCUT2D eigenvalue weighted by Gasteiger charge is -2.10. The van der Waals surface area contributed by atoms with Gasteiger partial charge < -0.3 is 5.32 Å². The smallest absolute Gasteiger partial charge is 0.255 e. The number of ketones is 1. The molecule has 0 fully saturated rings. The Kier molecular flexibility index (Phi) is 4.94. The Bertz CT molecular complexity index is 978. The summed E-state index contributed by atoms with van der Waals surface area (Å²) in [6.07, 6.45) is 0. The van der Waals surface area contributed by atoms with Crippen molar-refractivity contribution in [2.45, 2.75) is 13.8 Å². The van der Waals surface area contributed by atoms with E-state index in [-0.39, 0.29) is 11.7 Å². The fourth-order valence-corrected chi connectivity index (χ4v) is 2.70. The lowest BCUT2D eigenvalue weighted by Crippen LogP contribution is -2.12. The van der Waals surface area contributed by atoms with E-state index < -0.39 is 5.82 Å². The van der Waals surface area contributed by atoms with Gasteiger partial charge in [0.2, 0.25) is 0 Å². The summed E-state index contributed by atoms with van der Waals surface area (Å²) in [7, 11) is 0. The molecule has 4 heteroatoms. The van der Waals surface area contributed by atoms with Crippen LogP contribution in [0.5, 0.6) is 0 Å². The maximum Gasteiger partial charge on any atom is 0.255 e. The molecule has 3 aromatic carbocycles. The molecule has 0 saturated carbocycles. The number of hydrogen-bond acceptors (Lipinski definition) is 2. The fraction of sp³-hybridized carbons (Fsp3) is 0.0909. The molecule has 26 heavy (non-hydrogen) atoms. The van der Waals surface area contributed by atoms with Crippen molar-refractivity contribution in [1.82, 2.24) is 0 Å². The van der Waals surface area contributed by atoms with Gasteiger partial charge in [0.15, 0.2) is 5.78 Å². The van der Waals surface area contributed by atoms with Crippen molar-refractivity contribution in [2.24, 2.45) is 0 Å². The molecule has 0 bridgehead atoms. The Labute approximate surface area is 151 Å². The minimum absolute atomic E-state index is 0.0934. The minimum Gasteiger partial charge on any atom is -0.322 e. The SMILES string of the molecule is Cc1cccc(C(=O)c2cccc(NC(=O)c3ccc(F)cc3)c2)c1C. The third kappa shape index (κ3) is 3.70. The highest BCUT2D eigenvalue weighted by molar-refractivity contribution is 6.11. The van der Waals surface area contributed by atoms with E-state index in [1.54, 1.807) is 30.3 Å². The molecule has 0 heterocycles. The molecule has 0 unspecified atom stereocenters. The van der Waals surface area contributed by atoms with Crippen LogP contribution in [-0.4, -0.2) is 11.7 Å². The van der Waals surface area contributed by atoms with E-state index in [2.05, 4.69) is 5.32 Å². The van der Waals surface area contributed by atoms with Gasteiger partial charge in [-0.25, -0.2) is 4.39 Å². The molecule has 0 saturated heterocycles. The van der Waals surface area contributed by atoms with E-state index in [0.717, 1.165) is 11.1 Å². The molecule has 0 aliphatic heterocycles. The van der Waals surface area contributed by atoms with Gasteiger partial charge in [-0.05, 0) is 61.4 Å². The normalized spacial score (nSPS) is 10.4. The van der Waals surface area contributed by atoms with E-state index >= 15 is 0 Å². The number of amides is 1. The molecule has 0 aliphatic rings. The first kappa shape index (κ1) is 17.5. The Morgan fingerprint density at radius 2 is 1.54 bits per heavy atom. The number of carbonyl (C=O) groups is 2. The molecule has 0 aliphatic carbocycles. The molecule has 130 valence electrons. The second-order valence-corrected chi connectivity index (χ2v) is 6.12. The van der Waals surface area contributed by atoms with Gasteiger partial charge in [0.1, 0.15) is 5.82 Å². The van der Waals surface area contributed by atoms with Gasteiger partial charge in [-0.1, -0.05) is 30.3 Å². The van der Waals surface area contributed by atoms with Crippen molar-refractivity contribution in [2.75, 3.05) is 5.32 Å². The number of hydrogen-bond donors (Lipinski definition) is 1. The summed E-state index contributed by atoms with van der Waals surface area (Å²) >= 11 is 0. The van der Waals surface area contributed by atoms with Crippen LogP contribution in [-0.2, 0) is 0 Å². The van der Waals surface area contributed by atoms with E-state index in [1.165, 1.54) is 24.3 Å². The summed E-state index contributed by atoms with van der Waals surface area (Å²) in [5, 5.41) is 2.74. The Hall–Kier alpha value is -3.27. The Morgan fingerprint density at radius 1 is 0.846 bits per heavy atom. The van der Waals surface area contributed by atoms with Crippen molar-refractivity contribution >= 4 is 17.4 Å². The zero-order valence-corrected chi connectivity index (χ0v) is 14.5. The lowest BCUT2D eigenvalue weighted by molar-refractivity contribution is 0.102. The molecule has 0 aromatic heterocycles. The van der Waals surface area contributed by atoms with E-state index in [0.29, 0.717) is 22.4 Å². The van der Waals surface area contributed by atoms with Gasteiger partial charge in [0.25, 0.3) is 5.91 Å². The topological polar surface area (TPSA) is 46.2 Å². The monoisotopic (exact) mass is 347 g/mol. The number of aryl methyl sites for hydroxylation is 1. The maximum atomic E-state index is 13.0. The maximum absolute atomic E-state index is 13.0. The van der Waals surface area contributed by atoms with E-state index in [1.807, 2.05) is 26.0 Å². The number of halogens is 1. The van der Waals surface area contributed by atoms with E-state index in [4.69, 9.17) is 0 Å². The van der Waals surface area contributed by atoms with Crippen LogP contribution in [0.1, 0.15) is 37.4 Å². The second kappa shape index (κ2) is 7.31. The average Bonchev–Trinajstić information content (AvgIpc) is 2.64. The van der Waals surface area contributed by atoms with Gasteiger partial charge in [-0.2, -0.15) is 0 Å². The van der Waals surface area contributed by atoms with Crippen LogP contribution in [0.25, 0.3) is 0 Å². The molecule has 0 radical (unpaired) electrons. The number of anilines is 1. The van der Waals surface area contributed by atoms with Crippen LogP contribution in [0.15, 0.2) is 66.7 Å². The van der Waals surface area contributed by atoms with Gasteiger partial charge >= 0.3 is 0 Å². The molecule has 0 spiro atoms. The Balaban J connectivity index is 1.84. The molecule has 3 nitrogen and oxygen atoms in total. The summed E-state index contributed by atoms with van der Waals surface area (Å²) < 4.78 is 13.0. The zero-order valence-electron chi connectivity index (χ0n) is 14.5. The van der Waals surface area contributed by atoms with Crippen LogP contribution >= 0.6 is 0 Å². The number of nitrogens with one attached hydrogen (secondary N) is 1. The summed E-state index contributed by atoms with van der Waals surface area (Å²) in [5.41, 5.74) is 3.99. The standard InChI is InChI=1S/C22H18FNO2/c1-14-5-3-8-20(15(14)2)21(25)17-6-4-7-19(13-17)24-22(26)16-9-11-18(23)12-10-16/h3-13H,1-2H3,(H,24,26). The molecular formula is C22H18FNO2. The van der Waals surface area contributed by atoms with Crippen LogP contribution in [0.4, 0.5) is 10.1 Å². The number of benzene rings is 3. The largest absolute Gasteiger partial charge is 0.322 e. The third-order valence-corrected chi connectivity index (χ3v) is 4.34. The molecular weight excluding hydrogens is 329 g/mol. The molecule has 1 amide bonds. The summed E-state index contributed by atoms with van der Waals surface area (Å²) in [4.78, 5) is 25.1. The van der Waals surface area contributed by atoms with Gasteiger partial charge in [0.05, 0.1) is 0 Å². The highest BCUT2D eigenvalue weighted by Gasteiger charge is 2.14. The van der Waals surface area contributed by atoms with Gasteiger partial charge in [-0.3, -0.25) is 9.59 Å². The van der Waals surface area contributed by atoms with Crippen molar-refractivity contribution in [3.05, 3.63) is 100 Å². The number of carbonyl (C=O) groups excluding carboxylic acids is 2. The summed E-state index contributed by atoms with van der Waals surface area (Å²) in [6.45, 7) is 3.88. The fourth-order valence-electron chi connectivity index (χ4n) is 2.70. The van der Waals surface area contributed by atoms with Gasteiger partial charge in [-0.15, -0.1) is 0 Å². The first-order chi connectivity index (χ1) is 12.5. The quantitative estimate of drug-likeness (QED) is 0.681.